The van der Waals surface area contributed by atoms with E-state index in [0.29, 0.717) is 37.4 Å². The zero-order valence-electron chi connectivity index (χ0n) is 21.1. The molecule has 1 aliphatic heterocycles. The number of carbonyl (C=O) groups excluding carboxylic acids is 4. The van der Waals surface area contributed by atoms with Crippen molar-refractivity contribution in [2.24, 2.45) is 5.92 Å². The highest BCUT2D eigenvalue weighted by Gasteiger charge is 2.36. The topological polar surface area (TPSA) is 105 Å². The van der Waals surface area contributed by atoms with Gasteiger partial charge in [-0.15, -0.1) is 5.01 Å². The number of amides is 2. The number of ether oxygens (including phenoxy) is 3. The third kappa shape index (κ3) is 7.65. The maximum atomic E-state index is 13.3. The number of isocyanates is 1. The molecule has 196 valence electrons. The van der Waals surface area contributed by atoms with Crippen LogP contribution in [0.15, 0.2) is 54.6 Å². The molecule has 0 aliphatic carbocycles. The fourth-order valence-corrected chi connectivity index (χ4v) is 4.00. The molecule has 37 heavy (non-hydrogen) atoms. The maximum Gasteiger partial charge on any atom is 0.463 e. The average Bonchev–Trinajstić information content (AvgIpc) is 2.94. The van der Waals surface area contributed by atoms with Crippen molar-refractivity contribution in [3.8, 4) is 5.75 Å². The van der Waals surface area contributed by atoms with E-state index in [2.05, 4.69) is 0 Å². The van der Waals surface area contributed by atoms with Gasteiger partial charge in [-0.1, -0.05) is 30.3 Å². The standard InChI is InChI=1S/C27H32N3O7/c1-3-29(30(20-31)23-10-12-24(13-11-23)36-19-25(32)35-4-2)26(33)22-14-16-28(17-15-22)27(34)37-18-21-8-6-5-7-9-21/h5-13,22H,3-4,14-19H2,1-2H3/q+1. The summed E-state index contributed by atoms with van der Waals surface area (Å²) in [4.78, 5) is 50.6. The molecular formula is C27H32N3O7+. The molecule has 1 aliphatic rings. The number of hydrazine groups is 1. The van der Waals surface area contributed by atoms with Crippen LogP contribution >= 0.6 is 0 Å². The molecule has 0 bridgehead atoms. The van der Waals surface area contributed by atoms with Crippen molar-refractivity contribution in [2.75, 3.05) is 32.8 Å². The molecule has 0 atom stereocenters. The summed E-state index contributed by atoms with van der Waals surface area (Å²) in [6.45, 7) is 4.75. The van der Waals surface area contributed by atoms with E-state index in [1.54, 1.807) is 43.0 Å². The van der Waals surface area contributed by atoms with Crippen molar-refractivity contribution in [2.45, 2.75) is 33.3 Å². The highest BCUT2D eigenvalue weighted by Crippen LogP contribution is 2.24. The first-order valence-electron chi connectivity index (χ1n) is 12.3. The van der Waals surface area contributed by atoms with Crippen LogP contribution in [0, 0.1) is 5.92 Å². The predicted octanol–water partition coefficient (Wildman–Crippen LogP) is 3.42. The minimum atomic E-state index is -0.479. The molecule has 0 radical (unpaired) electrons. The normalized spacial score (nSPS) is 13.3. The van der Waals surface area contributed by atoms with Crippen LogP contribution in [0.3, 0.4) is 0 Å². The van der Waals surface area contributed by atoms with Gasteiger partial charge in [0.2, 0.25) is 5.69 Å². The second-order valence-electron chi connectivity index (χ2n) is 8.35. The Bertz CT molecular complexity index is 1110. The van der Waals surface area contributed by atoms with Crippen molar-refractivity contribution in [3.05, 3.63) is 60.2 Å². The number of nitrogens with zero attached hydrogens (tertiary/aromatic N) is 3. The van der Waals surface area contributed by atoms with Crippen LogP contribution in [-0.4, -0.2) is 71.5 Å². The molecule has 2 amide bonds. The van der Waals surface area contributed by atoms with Gasteiger partial charge in [0.1, 0.15) is 12.4 Å². The molecule has 10 nitrogen and oxygen atoms in total. The van der Waals surface area contributed by atoms with E-state index in [-0.39, 0.29) is 38.2 Å². The monoisotopic (exact) mass is 510 g/mol. The smallest absolute Gasteiger partial charge is 0.463 e. The van der Waals surface area contributed by atoms with Crippen molar-refractivity contribution in [1.29, 1.82) is 0 Å². The molecule has 2 aromatic rings. The van der Waals surface area contributed by atoms with Gasteiger partial charge < -0.3 is 19.1 Å². The minimum absolute atomic E-state index is 0.193. The maximum absolute atomic E-state index is 13.3. The lowest BCUT2D eigenvalue weighted by Gasteiger charge is -2.31. The molecule has 2 aromatic carbocycles. The summed E-state index contributed by atoms with van der Waals surface area (Å²) >= 11 is 0. The lowest BCUT2D eigenvalue weighted by atomic mass is 9.96. The van der Waals surface area contributed by atoms with Gasteiger partial charge in [0.25, 0.3) is 5.91 Å². The van der Waals surface area contributed by atoms with Gasteiger partial charge in [-0.05, 0) is 44.4 Å². The van der Waals surface area contributed by atoms with Gasteiger partial charge in [-0.3, -0.25) is 4.79 Å². The van der Waals surface area contributed by atoms with Crippen LogP contribution in [0.1, 0.15) is 32.3 Å². The van der Waals surface area contributed by atoms with Crippen LogP contribution in [0.5, 0.6) is 5.75 Å². The number of hydrogen-bond acceptors (Lipinski definition) is 7. The molecule has 0 aromatic heterocycles. The van der Waals surface area contributed by atoms with E-state index in [9.17, 15) is 19.2 Å². The summed E-state index contributed by atoms with van der Waals surface area (Å²) in [5.41, 5.74) is 1.33. The predicted molar refractivity (Wildman–Crippen MR) is 132 cm³/mol. The molecule has 0 spiro atoms. The quantitative estimate of drug-likeness (QED) is 0.159. The van der Waals surface area contributed by atoms with Gasteiger partial charge >= 0.3 is 18.1 Å². The van der Waals surface area contributed by atoms with Crippen molar-refractivity contribution in [3.63, 3.8) is 0 Å². The number of likely N-dealkylation sites (tertiary alicyclic amines) is 1. The van der Waals surface area contributed by atoms with Crippen LogP contribution in [0.25, 0.3) is 0 Å². The van der Waals surface area contributed by atoms with E-state index in [4.69, 9.17) is 14.2 Å². The summed E-state index contributed by atoms with van der Waals surface area (Å²) in [7, 11) is 0. The van der Waals surface area contributed by atoms with Gasteiger partial charge in [0.05, 0.1) is 13.2 Å². The second kappa shape index (κ2) is 13.8. The summed E-state index contributed by atoms with van der Waals surface area (Å²) in [6.07, 6.45) is 2.34. The van der Waals surface area contributed by atoms with Gasteiger partial charge in [0, 0.05) is 35.8 Å². The second-order valence-corrected chi connectivity index (χ2v) is 8.35. The van der Waals surface area contributed by atoms with E-state index in [0.717, 1.165) is 10.2 Å². The lowest BCUT2D eigenvalue weighted by Crippen LogP contribution is -2.46. The Morgan fingerprint density at radius 3 is 2.27 bits per heavy atom. The fourth-order valence-electron chi connectivity index (χ4n) is 4.00. The third-order valence-corrected chi connectivity index (χ3v) is 5.93. The highest BCUT2D eigenvalue weighted by atomic mass is 16.6. The van der Waals surface area contributed by atoms with Gasteiger partial charge in [-0.2, -0.15) is 4.79 Å². The number of esters is 1. The van der Waals surface area contributed by atoms with Crippen molar-refractivity contribution < 1.29 is 38.1 Å². The third-order valence-electron chi connectivity index (χ3n) is 5.93. The highest BCUT2D eigenvalue weighted by molar-refractivity contribution is 5.78. The largest absolute Gasteiger partial charge is 0.482 e. The zero-order chi connectivity index (χ0) is 26.6. The number of benzene rings is 2. The van der Waals surface area contributed by atoms with E-state index in [1.165, 1.54) is 5.01 Å². The Labute approximate surface area is 216 Å². The molecule has 0 N–H and O–H groups in total. The SMILES string of the molecule is CCOC(=O)COc1ccc([N+](=C=O)N(CC)C(=O)C2CCN(C(=O)OCc3ccccc3)CC2)cc1. The molecular weight excluding hydrogens is 478 g/mol. The number of carbonyl (C=O) groups is 3. The van der Waals surface area contributed by atoms with E-state index in [1.807, 2.05) is 36.4 Å². The lowest BCUT2D eigenvalue weighted by molar-refractivity contribution is -0.599. The Hall–Kier alpha value is -4.17. The molecule has 1 heterocycles. The molecule has 1 fully saturated rings. The Morgan fingerprint density at radius 2 is 1.68 bits per heavy atom. The Kier molecular flexibility index (Phi) is 10.2. The number of hydrogen-bond donors (Lipinski definition) is 0. The number of hydrazone groups is 1. The molecule has 10 heteroatoms. The summed E-state index contributed by atoms with van der Waals surface area (Å²) < 4.78 is 16.7. The summed E-state index contributed by atoms with van der Waals surface area (Å²) in [5, 5.41) is 1.34. The molecule has 0 unspecified atom stereocenters. The summed E-state index contributed by atoms with van der Waals surface area (Å²) in [5.74, 6) is -0.622. The van der Waals surface area contributed by atoms with Gasteiger partial charge in [0.15, 0.2) is 6.61 Å². The zero-order valence-corrected chi connectivity index (χ0v) is 21.1. The molecule has 3 rings (SSSR count). The first-order valence-corrected chi connectivity index (χ1v) is 12.3. The van der Waals surface area contributed by atoms with E-state index >= 15 is 0 Å². The Morgan fingerprint density at radius 1 is 1.00 bits per heavy atom. The van der Waals surface area contributed by atoms with Crippen LogP contribution < -0.4 is 4.74 Å². The summed E-state index contributed by atoms with van der Waals surface area (Å²) in [6, 6.07) is 15.8. The average molecular weight is 511 g/mol. The van der Waals surface area contributed by atoms with Crippen LogP contribution in [0.2, 0.25) is 0 Å². The fraction of sp³-hybridized carbons (Fsp3) is 0.407. The number of piperidine rings is 1. The van der Waals surface area contributed by atoms with Gasteiger partial charge in [-0.25, -0.2) is 9.59 Å². The van der Waals surface area contributed by atoms with Crippen LogP contribution in [-0.2, 0) is 30.5 Å². The Balaban J connectivity index is 1.55. The van der Waals surface area contributed by atoms with Crippen molar-refractivity contribution in [1.82, 2.24) is 9.91 Å². The minimum Gasteiger partial charge on any atom is -0.482 e. The van der Waals surface area contributed by atoms with Crippen LogP contribution in [0.4, 0.5) is 10.5 Å². The van der Waals surface area contributed by atoms with Crippen molar-refractivity contribution >= 4 is 29.7 Å². The molecule has 1 saturated heterocycles. The first kappa shape index (κ1) is 27.4. The molecule has 0 saturated carbocycles. The number of rotatable bonds is 10. The first-order chi connectivity index (χ1) is 18.0. The van der Waals surface area contributed by atoms with E-state index < -0.39 is 12.1 Å².